The van der Waals surface area contributed by atoms with Gasteiger partial charge in [-0.25, -0.2) is 0 Å². The first-order valence-corrected chi connectivity index (χ1v) is 13.6. The molecule has 1 N–H and O–H groups in total. The van der Waals surface area contributed by atoms with Crippen LogP contribution in [0.2, 0.25) is 18.1 Å². The zero-order chi connectivity index (χ0) is 19.9. The van der Waals surface area contributed by atoms with Crippen LogP contribution in [-0.2, 0) is 13.9 Å². The van der Waals surface area contributed by atoms with E-state index in [1.54, 1.807) is 6.21 Å². The lowest BCUT2D eigenvalue weighted by molar-refractivity contribution is -0.248. The molecule has 1 aliphatic heterocycles. The monoisotopic (exact) mass is 397 g/mol. The highest BCUT2D eigenvalue weighted by molar-refractivity contribution is 6.74. The lowest BCUT2D eigenvalue weighted by Gasteiger charge is -2.53. The van der Waals surface area contributed by atoms with Crippen molar-refractivity contribution in [3.8, 4) is 0 Å². The maximum Gasteiger partial charge on any atom is 0.192 e. The van der Waals surface area contributed by atoms with Crippen molar-refractivity contribution in [3.05, 3.63) is 0 Å². The van der Waals surface area contributed by atoms with Gasteiger partial charge in [0.2, 0.25) is 0 Å². The summed E-state index contributed by atoms with van der Waals surface area (Å²) in [6, 6.07) is 0. The van der Waals surface area contributed by atoms with Crippen molar-refractivity contribution in [3.63, 3.8) is 0 Å². The molecule has 3 aliphatic rings. The molecule has 27 heavy (non-hydrogen) atoms. The summed E-state index contributed by atoms with van der Waals surface area (Å²) in [5.41, 5.74) is 0.178. The SMILES string of the molecule is CC(C)(C)[Si](C)(C)O[C@H]1CC[C@H]2[C@H](CC/C=N/O)C3(CC[C@]12C)OCCO3. The summed E-state index contributed by atoms with van der Waals surface area (Å²) < 4.78 is 19.4. The third-order valence-electron chi connectivity index (χ3n) is 8.09. The number of hydrogen-bond donors (Lipinski definition) is 1. The number of rotatable bonds is 5. The van der Waals surface area contributed by atoms with Crippen LogP contribution < -0.4 is 0 Å². The van der Waals surface area contributed by atoms with Gasteiger partial charge in [-0.05, 0) is 61.6 Å². The highest BCUT2D eigenvalue weighted by Gasteiger charge is 2.62. The van der Waals surface area contributed by atoms with Gasteiger partial charge < -0.3 is 19.1 Å². The summed E-state index contributed by atoms with van der Waals surface area (Å²) in [6.07, 6.45) is 7.98. The van der Waals surface area contributed by atoms with Gasteiger partial charge in [0.1, 0.15) is 0 Å². The van der Waals surface area contributed by atoms with E-state index < -0.39 is 14.1 Å². The number of oxime groups is 1. The van der Waals surface area contributed by atoms with Crippen LogP contribution in [0.25, 0.3) is 0 Å². The molecular formula is C21H39NO4Si. The van der Waals surface area contributed by atoms with Crippen molar-refractivity contribution in [2.75, 3.05) is 13.2 Å². The van der Waals surface area contributed by atoms with Crippen molar-refractivity contribution in [2.45, 2.75) is 96.2 Å². The molecule has 6 heteroatoms. The molecule has 0 aromatic heterocycles. The Bertz CT molecular complexity index is 553. The number of fused-ring (bicyclic) bond motifs is 1. The van der Waals surface area contributed by atoms with Gasteiger partial charge >= 0.3 is 0 Å². The largest absolute Gasteiger partial charge is 0.413 e. The summed E-state index contributed by atoms with van der Waals surface area (Å²) in [7, 11) is -1.80. The van der Waals surface area contributed by atoms with Crippen LogP contribution in [-0.4, -0.2) is 44.8 Å². The topological polar surface area (TPSA) is 60.3 Å². The predicted octanol–water partition coefficient (Wildman–Crippen LogP) is 5.19. The maximum atomic E-state index is 8.83. The quantitative estimate of drug-likeness (QED) is 0.300. The van der Waals surface area contributed by atoms with E-state index >= 15 is 0 Å². The molecule has 0 amide bonds. The molecule has 5 nitrogen and oxygen atoms in total. The highest BCUT2D eigenvalue weighted by atomic mass is 28.4. The fraction of sp³-hybridized carbons (Fsp3) is 0.952. The second kappa shape index (κ2) is 7.43. The molecule has 0 aromatic rings. The molecule has 3 rings (SSSR count). The summed E-state index contributed by atoms with van der Waals surface area (Å²) in [6.45, 7) is 15.5. The van der Waals surface area contributed by atoms with Crippen LogP contribution in [0.3, 0.4) is 0 Å². The van der Waals surface area contributed by atoms with Gasteiger partial charge in [0.05, 0.1) is 19.3 Å². The van der Waals surface area contributed by atoms with Crippen molar-refractivity contribution >= 4 is 14.5 Å². The number of ether oxygens (including phenoxy) is 2. The molecule has 0 aromatic carbocycles. The molecule has 2 aliphatic carbocycles. The Hall–Kier alpha value is -0.433. The Morgan fingerprint density at radius 1 is 1.19 bits per heavy atom. The number of hydrogen-bond acceptors (Lipinski definition) is 5. The molecule has 156 valence electrons. The first-order valence-electron chi connectivity index (χ1n) is 10.7. The smallest absolute Gasteiger partial charge is 0.192 e. The van der Waals surface area contributed by atoms with Crippen molar-refractivity contribution in [1.82, 2.24) is 0 Å². The molecule has 4 atom stereocenters. The highest BCUT2D eigenvalue weighted by Crippen LogP contribution is 2.61. The summed E-state index contributed by atoms with van der Waals surface area (Å²) in [4.78, 5) is 0. The summed E-state index contributed by atoms with van der Waals surface area (Å²) in [5, 5.41) is 12.3. The van der Waals surface area contributed by atoms with Gasteiger partial charge in [0.15, 0.2) is 14.1 Å². The average Bonchev–Trinajstić information content (AvgIpc) is 3.16. The standard InChI is InChI=1S/C21H39NO4Si/c1-19(2,3)27(5,6)26-18-10-9-16-17(8-7-13-22-23)21(24-14-15-25-21)12-11-20(16,18)4/h13,16-18,23H,7-12,14-15H2,1-6H3/b22-13+/t16-,17-,18-,20-/m0/s1. The van der Waals surface area contributed by atoms with E-state index in [0.29, 0.717) is 31.2 Å². The first kappa shape index (κ1) is 21.3. The van der Waals surface area contributed by atoms with E-state index in [1.807, 2.05) is 0 Å². The Labute approximate surface area is 166 Å². The van der Waals surface area contributed by atoms with E-state index in [9.17, 15) is 0 Å². The molecule has 1 heterocycles. The third-order valence-corrected chi connectivity index (χ3v) is 12.6. The van der Waals surface area contributed by atoms with E-state index in [0.717, 1.165) is 32.1 Å². The van der Waals surface area contributed by atoms with Crippen LogP contribution >= 0.6 is 0 Å². The van der Waals surface area contributed by atoms with Crippen molar-refractivity contribution in [1.29, 1.82) is 0 Å². The molecule has 1 spiro atoms. The normalized spacial score (nSPS) is 36.6. The van der Waals surface area contributed by atoms with Crippen molar-refractivity contribution < 1.29 is 19.1 Å². The zero-order valence-corrected chi connectivity index (χ0v) is 19.1. The minimum absolute atomic E-state index is 0.178. The van der Waals surface area contributed by atoms with Crippen molar-refractivity contribution in [2.24, 2.45) is 22.4 Å². The van der Waals surface area contributed by atoms with Gasteiger partial charge in [0, 0.05) is 18.6 Å². The van der Waals surface area contributed by atoms with Gasteiger partial charge in [-0.3, -0.25) is 0 Å². The van der Waals surface area contributed by atoms with Crippen LogP contribution in [0.1, 0.15) is 66.2 Å². The molecule has 0 bridgehead atoms. The lowest BCUT2D eigenvalue weighted by Crippen LogP contribution is -2.55. The predicted molar refractivity (Wildman–Crippen MR) is 110 cm³/mol. The van der Waals surface area contributed by atoms with Crippen LogP contribution in [0.5, 0.6) is 0 Å². The van der Waals surface area contributed by atoms with E-state index in [2.05, 4.69) is 45.9 Å². The van der Waals surface area contributed by atoms with Gasteiger partial charge in [-0.2, -0.15) is 0 Å². The summed E-state index contributed by atoms with van der Waals surface area (Å²) >= 11 is 0. The van der Waals surface area contributed by atoms with Gasteiger partial charge in [-0.15, -0.1) is 5.16 Å². The average molecular weight is 398 g/mol. The molecule has 2 saturated carbocycles. The third kappa shape index (κ3) is 3.75. The summed E-state index contributed by atoms with van der Waals surface area (Å²) in [5.74, 6) is 0.440. The fourth-order valence-corrected chi connectivity index (χ4v) is 6.91. The molecule has 0 unspecified atom stereocenters. The molecule has 0 radical (unpaired) electrons. The number of nitrogens with zero attached hydrogens (tertiary/aromatic N) is 1. The van der Waals surface area contributed by atoms with Crippen LogP contribution in [0.4, 0.5) is 0 Å². The second-order valence-corrected chi connectivity index (χ2v) is 15.3. The Morgan fingerprint density at radius 2 is 1.85 bits per heavy atom. The zero-order valence-electron chi connectivity index (χ0n) is 18.1. The van der Waals surface area contributed by atoms with E-state index in [-0.39, 0.29) is 10.5 Å². The first-order chi connectivity index (χ1) is 12.6. The van der Waals surface area contributed by atoms with Gasteiger partial charge in [-0.1, -0.05) is 27.7 Å². The van der Waals surface area contributed by atoms with Crippen LogP contribution in [0.15, 0.2) is 5.16 Å². The second-order valence-electron chi connectivity index (χ2n) is 10.5. The Balaban J connectivity index is 1.82. The van der Waals surface area contributed by atoms with Crippen LogP contribution in [0, 0.1) is 17.3 Å². The van der Waals surface area contributed by atoms with E-state index in [4.69, 9.17) is 19.1 Å². The molecule has 1 saturated heterocycles. The lowest BCUT2D eigenvalue weighted by atomic mass is 9.60. The van der Waals surface area contributed by atoms with Gasteiger partial charge in [0.25, 0.3) is 0 Å². The minimum Gasteiger partial charge on any atom is -0.413 e. The minimum atomic E-state index is -1.80. The maximum absolute atomic E-state index is 8.83. The molecule has 3 fully saturated rings. The fourth-order valence-electron chi connectivity index (χ4n) is 5.46. The molecular weight excluding hydrogens is 358 g/mol. The Kier molecular flexibility index (Phi) is 5.86. The Morgan fingerprint density at radius 3 is 2.44 bits per heavy atom. The van der Waals surface area contributed by atoms with E-state index in [1.165, 1.54) is 6.42 Å².